The van der Waals surface area contributed by atoms with E-state index in [1.807, 2.05) is 24.3 Å². The number of amides is 1. The number of rotatable bonds is 5. The lowest BCUT2D eigenvalue weighted by molar-refractivity contribution is -0.139. The van der Waals surface area contributed by atoms with Crippen molar-refractivity contribution in [1.29, 1.82) is 0 Å². The van der Waals surface area contributed by atoms with Crippen molar-refractivity contribution in [2.45, 2.75) is 12.0 Å². The molecule has 2 aliphatic rings. The predicted octanol–water partition coefficient (Wildman–Crippen LogP) is 4.85. The molecule has 3 aromatic rings. The first-order valence-electron chi connectivity index (χ1n) is 10.3. The number of nitrogens with zero attached hydrogens (tertiary/aromatic N) is 1. The Morgan fingerprint density at radius 3 is 2.25 bits per heavy atom. The van der Waals surface area contributed by atoms with Crippen molar-refractivity contribution in [3.63, 3.8) is 0 Å². The quantitative estimate of drug-likeness (QED) is 0.521. The van der Waals surface area contributed by atoms with Crippen LogP contribution in [0.25, 0.3) is 11.1 Å². The number of carbonyl (C=O) groups is 2. The van der Waals surface area contributed by atoms with E-state index in [0.29, 0.717) is 10.8 Å². The molecule has 1 amide bonds. The molecular formula is C25H20ClNO5. The Hall–Kier alpha value is -3.51. The zero-order chi connectivity index (χ0) is 22.1. The summed E-state index contributed by atoms with van der Waals surface area (Å²) in [7, 11) is 0. The molecule has 0 saturated carbocycles. The predicted molar refractivity (Wildman–Crippen MR) is 119 cm³/mol. The third kappa shape index (κ3) is 3.67. The maximum atomic E-state index is 12.9. The molecule has 0 radical (unpaired) electrons. The molecule has 1 saturated heterocycles. The minimum atomic E-state index is -0.901. The summed E-state index contributed by atoms with van der Waals surface area (Å²) in [5.41, 5.74) is 4.53. The van der Waals surface area contributed by atoms with Gasteiger partial charge in [-0.05, 0) is 34.4 Å². The van der Waals surface area contributed by atoms with Crippen molar-refractivity contribution < 1.29 is 23.8 Å². The highest BCUT2D eigenvalue weighted by molar-refractivity contribution is 6.32. The summed E-state index contributed by atoms with van der Waals surface area (Å²) in [4.78, 5) is 26.3. The monoisotopic (exact) mass is 449 g/mol. The number of hydrogen-bond acceptors (Lipinski definition) is 5. The Labute approximate surface area is 190 Å². The van der Waals surface area contributed by atoms with Crippen molar-refractivity contribution in [3.05, 3.63) is 88.9 Å². The van der Waals surface area contributed by atoms with Crippen molar-refractivity contribution in [1.82, 2.24) is 4.90 Å². The zero-order valence-electron chi connectivity index (χ0n) is 17.1. The lowest BCUT2D eigenvalue weighted by Gasteiger charge is -2.22. The van der Waals surface area contributed by atoms with Crippen LogP contribution >= 0.6 is 11.6 Å². The number of para-hydroxylation sites is 1. The lowest BCUT2D eigenvalue weighted by Crippen LogP contribution is -2.42. The second kappa shape index (κ2) is 8.55. The maximum Gasteiger partial charge on any atom is 0.413 e. The molecule has 162 valence electrons. The summed E-state index contributed by atoms with van der Waals surface area (Å²) >= 11 is 6.10. The van der Waals surface area contributed by atoms with Gasteiger partial charge in [-0.3, -0.25) is 4.90 Å². The van der Waals surface area contributed by atoms with Gasteiger partial charge in [0.2, 0.25) is 0 Å². The van der Waals surface area contributed by atoms with E-state index in [9.17, 15) is 9.59 Å². The molecule has 0 aromatic heterocycles. The molecule has 1 atom stereocenters. The highest BCUT2D eigenvalue weighted by Crippen LogP contribution is 2.44. The molecule has 3 aromatic carbocycles. The van der Waals surface area contributed by atoms with Crippen LogP contribution in [0.3, 0.4) is 0 Å². The number of ether oxygens (including phenoxy) is 3. The van der Waals surface area contributed by atoms with Crippen molar-refractivity contribution in [2.75, 3.05) is 19.9 Å². The maximum absolute atomic E-state index is 12.9. The second-order valence-electron chi connectivity index (χ2n) is 7.62. The van der Waals surface area contributed by atoms with Gasteiger partial charge in [0.05, 0.1) is 5.02 Å². The van der Waals surface area contributed by atoms with Gasteiger partial charge in [-0.15, -0.1) is 0 Å². The number of fused-ring (bicyclic) bond motifs is 3. The van der Waals surface area contributed by atoms with Gasteiger partial charge in [0.15, 0.2) is 12.8 Å². The first kappa shape index (κ1) is 20.4. The molecule has 5 rings (SSSR count). The number of cyclic esters (lactones) is 1. The summed E-state index contributed by atoms with van der Waals surface area (Å²) in [6.45, 7) is -0.0888. The molecule has 0 spiro atoms. The minimum Gasteiger partial charge on any atom is -0.489 e. The summed E-state index contributed by atoms with van der Waals surface area (Å²) in [5.74, 6) is -0.171. The minimum absolute atomic E-state index is 0.0663. The van der Waals surface area contributed by atoms with Crippen LogP contribution < -0.4 is 4.74 Å². The Morgan fingerprint density at radius 2 is 1.56 bits per heavy atom. The van der Waals surface area contributed by atoms with Crippen molar-refractivity contribution >= 4 is 23.7 Å². The Balaban J connectivity index is 1.28. The number of halogens is 1. The van der Waals surface area contributed by atoms with Gasteiger partial charge in [0, 0.05) is 5.92 Å². The van der Waals surface area contributed by atoms with Crippen LogP contribution in [-0.2, 0) is 14.3 Å². The van der Waals surface area contributed by atoms with Crippen molar-refractivity contribution in [3.8, 4) is 16.9 Å². The Morgan fingerprint density at radius 1 is 0.938 bits per heavy atom. The number of benzene rings is 3. The van der Waals surface area contributed by atoms with E-state index in [2.05, 4.69) is 24.3 Å². The molecule has 1 aliphatic carbocycles. The van der Waals surface area contributed by atoms with E-state index in [-0.39, 0.29) is 25.9 Å². The van der Waals surface area contributed by atoms with Crippen LogP contribution in [0.2, 0.25) is 5.02 Å². The largest absolute Gasteiger partial charge is 0.489 e. The Bertz CT molecular complexity index is 1130. The average molecular weight is 450 g/mol. The van der Waals surface area contributed by atoms with E-state index in [1.165, 1.54) is 4.90 Å². The molecule has 1 fully saturated rings. The van der Waals surface area contributed by atoms with Crippen LogP contribution in [0.15, 0.2) is 72.8 Å². The normalized spacial score (nSPS) is 17.0. The van der Waals surface area contributed by atoms with Gasteiger partial charge in [0.1, 0.15) is 19.0 Å². The van der Waals surface area contributed by atoms with Gasteiger partial charge in [0.25, 0.3) is 0 Å². The molecule has 1 heterocycles. The van der Waals surface area contributed by atoms with Crippen LogP contribution in [0.1, 0.15) is 17.0 Å². The summed E-state index contributed by atoms with van der Waals surface area (Å²) in [6, 6.07) is 22.3. The number of esters is 1. The molecule has 0 unspecified atom stereocenters. The standard InChI is InChI=1S/C25H20ClNO5/c26-21-11-5-6-12-23(21)30-14-22-24(28)32-15-27(22)25(29)31-13-20-18-9-3-1-7-16(18)17-8-2-4-10-19(17)20/h1-12,20,22H,13-15H2/t22-/m0/s1. The van der Waals surface area contributed by atoms with Gasteiger partial charge >= 0.3 is 12.1 Å². The smallest absolute Gasteiger partial charge is 0.413 e. The van der Waals surface area contributed by atoms with E-state index < -0.39 is 18.1 Å². The molecule has 0 bridgehead atoms. The van der Waals surface area contributed by atoms with Gasteiger partial charge in [-0.25, -0.2) is 9.59 Å². The molecule has 7 heteroatoms. The SMILES string of the molecule is O=C1OCN(C(=O)OCC2c3ccccc3-c3ccccc32)[C@H]1COc1ccccc1Cl. The molecular weight excluding hydrogens is 430 g/mol. The third-order valence-corrected chi connectivity index (χ3v) is 6.11. The zero-order valence-corrected chi connectivity index (χ0v) is 17.8. The number of carbonyl (C=O) groups excluding carboxylic acids is 2. The lowest BCUT2D eigenvalue weighted by atomic mass is 9.98. The van der Waals surface area contributed by atoms with Crippen molar-refractivity contribution in [2.24, 2.45) is 0 Å². The van der Waals surface area contributed by atoms with E-state index in [1.54, 1.807) is 24.3 Å². The second-order valence-corrected chi connectivity index (χ2v) is 8.03. The van der Waals surface area contributed by atoms with E-state index >= 15 is 0 Å². The van der Waals surface area contributed by atoms with E-state index in [4.69, 9.17) is 25.8 Å². The summed E-state index contributed by atoms with van der Waals surface area (Å²) in [6.07, 6.45) is -0.620. The highest BCUT2D eigenvalue weighted by Gasteiger charge is 2.40. The molecule has 1 aliphatic heterocycles. The fourth-order valence-electron chi connectivity index (χ4n) is 4.19. The average Bonchev–Trinajstić information content (AvgIpc) is 3.35. The number of hydrogen-bond donors (Lipinski definition) is 0. The Kier molecular flexibility index (Phi) is 5.45. The fourth-order valence-corrected chi connectivity index (χ4v) is 4.38. The first-order valence-corrected chi connectivity index (χ1v) is 10.7. The van der Waals surface area contributed by atoms with Gasteiger partial charge < -0.3 is 14.2 Å². The van der Waals surface area contributed by atoms with Gasteiger partial charge in [-0.2, -0.15) is 0 Å². The van der Waals surface area contributed by atoms with Crippen LogP contribution in [0.5, 0.6) is 5.75 Å². The third-order valence-electron chi connectivity index (χ3n) is 5.80. The van der Waals surface area contributed by atoms with Crippen LogP contribution in [0.4, 0.5) is 4.79 Å². The van der Waals surface area contributed by atoms with Crippen LogP contribution in [0, 0.1) is 0 Å². The summed E-state index contributed by atoms with van der Waals surface area (Å²) < 4.78 is 16.4. The molecule has 0 N–H and O–H groups in total. The highest BCUT2D eigenvalue weighted by atomic mass is 35.5. The fraction of sp³-hybridized carbons (Fsp3) is 0.200. The van der Waals surface area contributed by atoms with Crippen LogP contribution in [-0.4, -0.2) is 42.9 Å². The summed E-state index contributed by atoms with van der Waals surface area (Å²) in [5, 5.41) is 0.423. The molecule has 32 heavy (non-hydrogen) atoms. The first-order chi connectivity index (χ1) is 15.6. The van der Waals surface area contributed by atoms with E-state index in [0.717, 1.165) is 22.3 Å². The molecule has 6 nitrogen and oxygen atoms in total. The topological polar surface area (TPSA) is 65.1 Å². The van der Waals surface area contributed by atoms with Gasteiger partial charge in [-0.1, -0.05) is 72.3 Å².